The summed E-state index contributed by atoms with van der Waals surface area (Å²) in [6.07, 6.45) is 0.347. The third-order valence-electron chi connectivity index (χ3n) is 4.34. The summed E-state index contributed by atoms with van der Waals surface area (Å²) >= 11 is 3.38. The molecule has 0 aliphatic carbocycles. The Morgan fingerprint density at radius 3 is 2.48 bits per heavy atom. The lowest BCUT2D eigenvalue weighted by Gasteiger charge is -2.26. The van der Waals surface area contributed by atoms with E-state index in [2.05, 4.69) is 21.2 Å². The maximum atomic E-state index is 12.4. The molecule has 1 saturated heterocycles. The van der Waals surface area contributed by atoms with Gasteiger partial charge in [0.2, 0.25) is 5.91 Å². The van der Waals surface area contributed by atoms with E-state index in [4.69, 9.17) is 9.47 Å². The van der Waals surface area contributed by atoms with Crippen LogP contribution in [0.2, 0.25) is 0 Å². The standard InChI is InChI=1S/C20H21BrN2O4/c1-26-18-7-4-15(13-17(18)21)20(25)22-16-5-2-14(3-6-16)12-19(24)23-8-10-27-11-9-23/h2-7,13H,8-12H2,1H3,(H,22,25). The molecule has 0 radical (unpaired) electrons. The minimum Gasteiger partial charge on any atom is -0.496 e. The zero-order valence-electron chi connectivity index (χ0n) is 15.0. The zero-order chi connectivity index (χ0) is 19.2. The normalized spacial score (nSPS) is 13.9. The molecule has 3 rings (SSSR count). The van der Waals surface area contributed by atoms with Crippen molar-refractivity contribution >= 4 is 33.4 Å². The lowest BCUT2D eigenvalue weighted by Crippen LogP contribution is -2.41. The number of morpholine rings is 1. The molecule has 7 heteroatoms. The van der Waals surface area contributed by atoms with Gasteiger partial charge in [0, 0.05) is 24.3 Å². The van der Waals surface area contributed by atoms with Crippen molar-refractivity contribution in [3.8, 4) is 5.75 Å². The average molecular weight is 433 g/mol. The molecule has 1 N–H and O–H groups in total. The molecule has 0 bridgehead atoms. The Morgan fingerprint density at radius 2 is 1.85 bits per heavy atom. The van der Waals surface area contributed by atoms with Gasteiger partial charge in [-0.1, -0.05) is 12.1 Å². The maximum absolute atomic E-state index is 12.4. The summed E-state index contributed by atoms with van der Waals surface area (Å²) < 4.78 is 11.2. The van der Waals surface area contributed by atoms with Crippen molar-refractivity contribution in [2.24, 2.45) is 0 Å². The highest BCUT2D eigenvalue weighted by molar-refractivity contribution is 9.10. The quantitative estimate of drug-likeness (QED) is 0.787. The molecule has 27 heavy (non-hydrogen) atoms. The first-order valence-corrected chi connectivity index (χ1v) is 9.45. The van der Waals surface area contributed by atoms with E-state index >= 15 is 0 Å². The summed E-state index contributed by atoms with van der Waals surface area (Å²) in [6, 6.07) is 12.5. The molecule has 1 fully saturated rings. The van der Waals surface area contributed by atoms with Crippen molar-refractivity contribution in [1.82, 2.24) is 4.90 Å². The Balaban J connectivity index is 1.59. The first-order chi connectivity index (χ1) is 13.1. The van der Waals surface area contributed by atoms with Crippen LogP contribution in [0.4, 0.5) is 5.69 Å². The molecule has 6 nitrogen and oxygen atoms in total. The fraction of sp³-hybridized carbons (Fsp3) is 0.300. The Bertz CT molecular complexity index is 817. The molecule has 142 valence electrons. The summed E-state index contributed by atoms with van der Waals surface area (Å²) in [5.41, 5.74) is 2.11. The highest BCUT2D eigenvalue weighted by atomic mass is 79.9. The number of carbonyl (C=O) groups excluding carboxylic acids is 2. The summed E-state index contributed by atoms with van der Waals surface area (Å²) in [4.78, 5) is 26.5. The molecule has 0 aromatic heterocycles. The van der Waals surface area contributed by atoms with E-state index in [1.807, 2.05) is 17.0 Å². The number of benzene rings is 2. The number of anilines is 1. The van der Waals surface area contributed by atoms with Gasteiger partial charge in [0.05, 0.1) is 31.2 Å². The van der Waals surface area contributed by atoms with Gasteiger partial charge in [0.25, 0.3) is 5.91 Å². The third-order valence-corrected chi connectivity index (χ3v) is 4.96. The maximum Gasteiger partial charge on any atom is 0.255 e. The van der Waals surface area contributed by atoms with Gasteiger partial charge in [0.15, 0.2) is 0 Å². The van der Waals surface area contributed by atoms with Crippen LogP contribution in [0.15, 0.2) is 46.9 Å². The molecule has 1 aliphatic heterocycles. The van der Waals surface area contributed by atoms with Crippen molar-refractivity contribution < 1.29 is 19.1 Å². The van der Waals surface area contributed by atoms with E-state index in [0.29, 0.717) is 49.7 Å². The minimum absolute atomic E-state index is 0.0955. The minimum atomic E-state index is -0.213. The first kappa shape index (κ1) is 19.4. The lowest BCUT2D eigenvalue weighted by atomic mass is 10.1. The number of methoxy groups -OCH3 is 1. The van der Waals surface area contributed by atoms with Crippen LogP contribution in [0.5, 0.6) is 5.75 Å². The summed E-state index contributed by atoms with van der Waals surface area (Å²) in [6.45, 7) is 2.48. The number of halogens is 1. The number of nitrogens with one attached hydrogen (secondary N) is 1. The van der Waals surface area contributed by atoms with Crippen LogP contribution in [-0.2, 0) is 16.0 Å². The summed E-state index contributed by atoms with van der Waals surface area (Å²) in [5.74, 6) is 0.550. The van der Waals surface area contributed by atoms with Gasteiger partial charge in [-0.3, -0.25) is 9.59 Å². The number of hydrogen-bond acceptors (Lipinski definition) is 4. The lowest BCUT2D eigenvalue weighted by molar-refractivity contribution is -0.134. The van der Waals surface area contributed by atoms with Gasteiger partial charge in [-0.25, -0.2) is 0 Å². The Hall–Kier alpha value is -2.38. The Kier molecular flexibility index (Phi) is 6.47. The molecule has 0 saturated carbocycles. The number of nitrogens with zero attached hydrogens (tertiary/aromatic N) is 1. The van der Waals surface area contributed by atoms with Crippen molar-refractivity contribution in [1.29, 1.82) is 0 Å². The fourth-order valence-electron chi connectivity index (χ4n) is 2.82. The SMILES string of the molecule is COc1ccc(C(=O)Nc2ccc(CC(=O)N3CCOCC3)cc2)cc1Br. The van der Waals surface area contributed by atoms with Crippen LogP contribution < -0.4 is 10.1 Å². The van der Waals surface area contributed by atoms with Crippen molar-refractivity contribution in [3.05, 3.63) is 58.1 Å². The number of rotatable bonds is 5. The van der Waals surface area contributed by atoms with Gasteiger partial charge in [-0.2, -0.15) is 0 Å². The van der Waals surface area contributed by atoms with Crippen LogP contribution in [0.25, 0.3) is 0 Å². The Morgan fingerprint density at radius 1 is 1.15 bits per heavy atom. The molecule has 1 heterocycles. The molecular formula is C20H21BrN2O4. The van der Waals surface area contributed by atoms with Gasteiger partial charge in [-0.15, -0.1) is 0 Å². The highest BCUT2D eigenvalue weighted by Gasteiger charge is 2.17. The molecule has 1 aliphatic rings. The van der Waals surface area contributed by atoms with Gasteiger partial charge < -0.3 is 19.7 Å². The smallest absolute Gasteiger partial charge is 0.255 e. The monoisotopic (exact) mass is 432 g/mol. The van der Waals surface area contributed by atoms with Crippen LogP contribution >= 0.6 is 15.9 Å². The fourth-order valence-corrected chi connectivity index (χ4v) is 3.36. The third kappa shape index (κ3) is 5.08. The second kappa shape index (κ2) is 9.01. The zero-order valence-corrected chi connectivity index (χ0v) is 16.6. The molecule has 2 aromatic carbocycles. The predicted octanol–water partition coefficient (Wildman–Crippen LogP) is 3.11. The second-order valence-corrected chi connectivity index (χ2v) is 7.02. The van der Waals surface area contributed by atoms with Gasteiger partial charge in [-0.05, 0) is 51.8 Å². The van der Waals surface area contributed by atoms with Crippen molar-refractivity contribution in [3.63, 3.8) is 0 Å². The van der Waals surface area contributed by atoms with E-state index in [1.165, 1.54) is 0 Å². The van der Waals surface area contributed by atoms with Crippen LogP contribution in [-0.4, -0.2) is 50.1 Å². The number of hydrogen-bond donors (Lipinski definition) is 1. The van der Waals surface area contributed by atoms with E-state index < -0.39 is 0 Å². The number of amides is 2. The number of carbonyl (C=O) groups is 2. The van der Waals surface area contributed by atoms with E-state index in [-0.39, 0.29) is 11.8 Å². The molecule has 2 amide bonds. The Labute approximate surface area is 166 Å². The first-order valence-electron chi connectivity index (χ1n) is 8.66. The second-order valence-electron chi connectivity index (χ2n) is 6.17. The molecular weight excluding hydrogens is 412 g/mol. The van der Waals surface area contributed by atoms with Gasteiger partial charge >= 0.3 is 0 Å². The largest absolute Gasteiger partial charge is 0.496 e. The molecule has 0 unspecified atom stereocenters. The molecule has 0 spiro atoms. The van der Waals surface area contributed by atoms with E-state index in [1.54, 1.807) is 37.4 Å². The number of ether oxygens (including phenoxy) is 2. The predicted molar refractivity (Wildman–Crippen MR) is 106 cm³/mol. The van der Waals surface area contributed by atoms with E-state index in [9.17, 15) is 9.59 Å². The van der Waals surface area contributed by atoms with Crippen LogP contribution in [0.3, 0.4) is 0 Å². The van der Waals surface area contributed by atoms with E-state index in [0.717, 1.165) is 10.0 Å². The van der Waals surface area contributed by atoms with Crippen LogP contribution in [0.1, 0.15) is 15.9 Å². The topological polar surface area (TPSA) is 67.9 Å². The van der Waals surface area contributed by atoms with Crippen molar-refractivity contribution in [2.45, 2.75) is 6.42 Å². The summed E-state index contributed by atoms with van der Waals surface area (Å²) in [7, 11) is 1.57. The van der Waals surface area contributed by atoms with Crippen LogP contribution in [0, 0.1) is 0 Å². The average Bonchev–Trinajstić information content (AvgIpc) is 2.70. The highest BCUT2D eigenvalue weighted by Crippen LogP contribution is 2.26. The van der Waals surface area contributed by atoms with Gasteiger partial charge in [0.1, 0.15) is 5.75 Å². The molecule has 2 aromatic rings. The summed E-state index contributed by atoms with van der Waals surface area (Å²) in [5, 5.41) is 2.85. The van der Waals surface area contributed by atoms with Crippen molar-refractivity contribution in [2.75, 3.05) is 38.7 Å². The molecule has 0 atom stereocenters.